The lowest BCUT2D eigenvalue weighted by atomic mass is 9.95. The largest absolute Gasteiger partial charge is 0.416 e. The van der Waals surface area contributed by atoms with Gasteiger partial charge in [0.15, 0.2) is 0 Å². The van der Waals surface area contributed by atoms with Crippen LogP contribution in [0.1, 0.15) is 16.7 Å². The van der Waals surface area contributed by atoms with Gasteiger partial charge in [-0.15, -0.1) is 0 Å². The summed E-state index contributed by atoms with van der Waals surface area (Å²) in [6.07, 6.45) is -14.3. The average Bonchev–Trinajstić information content (AvgIpc) is 2.96. The maximum absolute atomic E-state index is 13.2. The summed E-state index contributed by atoms with van der Waals surface area (Å²) in [6.45, 7) is 0. The molecule has 0 radical (unpaired) electrons. The molecule has 0 fully saturated rings. The highest BCUT2D eigenvalue weighted by molar-refractivity contribution is 5.75. The zero-order valence-electron chi connectivity index (χ0n) is 21.4. The first-order valence-electron chi connectivity index (χ1n) is 12.5. The van der Waals surface area contributed by atoms with Crippen molar-refractivity contribution in [2.75, 3.05) is 0 Å². The Balaban J connectivity index is 1.36. The second-order valence-electron chi connectivity index (χ2n) is 9.61. The minimum absolute atomic E-state index is 0.0955. The van der Waals surface area contributed by atoms with Crippen LogP contribution < -0.4 is 0 Å². The SMILES string of the molecule is FC(F)(F)c1cccc(-c2ccc(-c3ccc(-c4ccc(-c5cc(C(F)(F)F)cc(C(F)(F)F)c5)cc4)cc3)cc2)c1. The molecular weight excluding hydrogens is 567 g/mol. The highest BCUT2D eigenvalue weighted by Crippen LogP contribution is 2.39. The van der Waals surface area contributed by atoms with Crippen LogP contribution in [0.25, 0.3) is 44.5 Å². The molecule has 0 aliphatic rings. The molecule has 0 saturated heterocycles. The zero-order chi connectivity index (χ0) is 30.3. The molecule has 0 amide bonds. The average molecular weight is 586 g/mol. The summed E-state index contributed by atoms with van der Waals surface area (Å²) >= 11 is 0. The third-order valence-corrected chi connectivity index (χ3v) is 6.77. The van der Waals surface area contributed by atoms with Crippen LogP contribution in [-0.4, -0.2) is 0 Å². The van der Waals surface area contributed by atoms with E-state index in [-0.39, 0.29) is 17.2 Å². The molecular formula is C33H19F9. The van der Waals surface area contributed by atoms with Crippen molar-refractivity contribution in [1.29, 1.82) is 0 Å². The summed E-state index contributed by atoms with van der Waals surface area (Å²) in [6, 6.07) is 27.1. The summed E-state index contributed by atoms with van der Waals surface area (Å²) in [4.78, 5) is 0. The van der Waals surface area contributed by atoms with E-state index >= 15 is 0 Å². The van der Waals surface area contributed by atoms with Gasteiger partial charge < -0.3 is 0 Å². The van der Waals surface area contributed by atoms with Crippen LogP contribution in [0.3, 0.4) is 0 Å². The van der Waals surface area contributed by atoms with Crippen molar-refractivity contribution in [3.63, 3.8) is 0 Å². The van der Waals surface area contributed by atoms with Crippen molar-refractivity contribution in [3.05, 3.63) is 132 Å². The van der Waals surface area contributed by atoms with Crippen LogP contribution in [-0.2, 0) is 18.5 Å². The van der Waals surface area contributed by atoms with E-state index < -0.39 is 35.2 Å². The fraction of sp³-hybridized carbons (Fsp3) is 0.0909. The summed E-state index contributed by atoms with van der Waals surface area (Å²) in [5.41, 5.74) is 0.727. The van der Waals surface area contributed by atoms with Crippen LogP contribution in [0.15, 0.2) is 115 Å². The van der Waals surface area contributed by atoms with E-state index in [0.717, 1.165) is 28.8 Å². The molecule has 0 unspecified atom stereocenters. The van der Waals surface area contributed by atoms with Gasteiger partial charge in [0.25, 0.3) is 0 Å². The Morgan fingerprint density at radius 3 is 0.881 bits per heavy atom. The van der Waals surface area contributed by atoms with Crippen molar-refractivity contribution < 1.29 is 39.5 Å². The topological polar surface area (TPSA) is 0 Å². The molecule has 0 aliphatic heterocycles. The fourth-order valence-electron chi connectivity index (χ4n) is 4.56. The summed E-state index contributed by atoms with van der Waals surface area (Å²) in [5.74, 6) is 0. The van der Waals surface area contributed by atoms with Crippen molar-refractivity contribution in [1.82, 2.24) is 0 Å². The smallest absolute Gasteiger partial charge is 0.166 e. The second kappa shape index (κ2) is 10.7. The predicted octanol–water partition coefficient (Wildman–Crippen LogP) is 11.4. The van der Waals surface area contributed by atoms with Crippen LogP contribution in [0.5, 0.6) is 0 Å². The van der Waals surface area contributed by atoms with Crippen molar-refractivity contribution in [2.24, 2.45) is 0 Å². The van der Waals surface area contributed by atoms with Crippen LogP contribution >= 0.6 is 0 Å². The Labute approximate surface area is 234 Å². The number of alkyl halides is 9. The number of rotatable bonds is 4. The lowest BCUT2D eigenvalue weighted by Crippen LogP contribution is -2.11. The van der Waals surface area contributed by atoms with Gasteiger partial charge in [-0.2, -0.15) is 39.5 Å². The first-order valence-corrected chi connectivity index (χ1v) is 12.5. The highest BCUT2D eigenvalue weighted by atomic mass is 19.4. The van der Waals surface area contributed by atoms with Gasteiger partial charge in [-0.1, -0.05) is 84.9 Å². The highest BCUT2D eigenvalue weighted by Gasteiger charge is 2.37. The number of benzene rings is 5. The van der Waals surface area contributed by atoms with E-state index in [1.807, 2.05) is 24.3 Å². The Kier molecular flexibility index (Phi) is 7.39. The molecule has 0 N–H and O–H groups in total. The van der Waals surface area contributed by atoms with Crippen LogP contribution in [0.4, 0.5) is 39.5 Å². The molecule has 0 saturated carbocycles. The normalized spacial score (nSPS) is 12.4. The molecule has 5 aromatic carbocycles. The van der Waals surface area contributed by atoms with Crippen molar-refractivity contribution in [3.8, 4) is 44.5 Å². The third-order valence-electron chi connectivity index (χ3n) is 6.77. The Morgan fingerprint density at radius 2 is 0.548 bits per heavy atom. The molecule has 9 heteroatoms. The monoisotopic (exact) mass is 586 g/mol. The first-order chi connectivity index (χ1) is 19.7. The van der Waals surface area contributed by atoms with Gasteiger partial charge >= 0.3 is 18.5 Å². The maximum Gasteiger partial charge on any atom is 0.416 e. The van der Waals surface area contributed by atoms with E-state index in [1.165, 1.54) is 18.2 Å². The maximum atomic E-state index is 13.2. The minimum Gasteiger partial charge on any atom is -0.166 e. The molecule has 0 aromatic heterocycles. The van der Waals surface area contributed by atoms with E-state index in [0.29, 0.717) is 28.8 Å². The molecule has 214 valence electrons. The second-order valence-corrected chi connectivity index (χ2v) is 9.61. The third kappa shape index (κ3) is 6.35. The quantitative estimate of drug-likeness (QED) is 0.184. The molecule has 5 rings (SSSR count). The van der Waals surface area contributed by atoms with E-state index in [1.54, 1.807) is 42.5 Å². The van der Waals surface area contributed by atoms with E-state index in [9.17, 15) is 39.5 Å². The lowest BCUT2D eigenvalue weighted by molar-refractivity contribution is -0.143. The van der Waals surface area contributed by atoms with Crippen LogP contribution in [0, 0.1) is 0 Å². The van der Waals surface area contributed by atoms with E-state index in [4.69, 9.17) is 0 Å². The van der Waals surface area contributed by atoms with Gasteiger partial charge in [0.2, 0.25) is 0 Å². The molecule has 42 heavy (non-hydrogen) atoms. The van der Waals surface area contributed by atoms with Gasteiger partial charge in [0, 0.05) is 0 Å². The number of hydrogen-bond donors (Lipinski definition) is 0. The van der Waals surface area contributed by atoms with Crippen molar-refractivity contribution in [2.45, 2.75) is 18.5 Å². The lowest BCUT2D eigenvalue weighted by Gasteiger charge is -2.14. The number of hydrogen-bond acceptors (Lipinski definition) is 0. The van der Waals surface area contributed by atoms with Gasteiger partial charge in [-0.3, -0.25) is 0 Å². The van der Waals surface area contributed by atoms with Crippen molar-refractivity contribution >= 4 is 0 Å². The fourth-order valence-corrected chi connectivity index (χ4v) is 4.56. The molecule has 0 bridgehead atoms. The van der Waals surface area contributed by atoms with Gasteiger partial charge in [0.05, 0.1) is 16.7 Å². The molecule has 5 aromatic rings. The van der Waals surface area contributed by atoms with Crippen LogP contribution in [0.2, 0.25) is 0 Å². The molecule has 0 nitrogen and oxygen atoms in total. The summed E-state index contributed by atoms with van der Waals surface area (Å²) in [5, 5.41) is 0. The van der Waals surface area contributed by atoms with Gasteiger partial charge in [-0.25, -0.2) is 0 Å². The Morgan fingerprint density at radius 1 is 0.262 bits per heavy atom. The molecule has 0 atom stereocenters. The summed E-state index contributed by atoms with van der Waals surface area (Å²) < 4.78 is 119. The molecule has 0 heterocycles. The van der Waals surface area contributed by atoms with Gasteiger partial charge in [0.1, 0.15) is 0 Å². The Hall–Kier alpha value is -4.53. The Bertz CT molecular complexity index is 1660. The van der Waals surface area contributed by atoms with E-state index in [2.05, 4.69) is 0 Å². The first kappa shape index (κ1) is 29.0. The molecule has 0 aliphatic carbocycles. The zero-order valence-corrected chi connectivity index (χ0v) is 21.4. The summed E-state index contributed by atoms with van der Waals surface area (Å²) in [7, 11) is 0. The predicted molar refractivity (Wildman–Crippen MR) is 143 cm³/mol. The van der Waals surface area contributed by atoms with Gasteiger partial charge in [-0.05, 0) is 74.8 Å². The minimum atomic E-state index is -4.93. The standard InChI is InChI=1S/C33H19F9/c34-31(35,36)28-3-1-2-26(16-28)24-12-8-22(9-13-24)20-4-6-21(7-5-20)23-10-14-25(15-11-23)27-17-29(32(37,38)39)19-30(18-27)33(40,41)42/h1-19H. The number of halogens is 9. The molecule has 0 spiro atoms.